The number of carboxylic acid groups (broad SMARTS) is 1. The van der Waals surface area contributed by atoms with Gasteiger partial charge >= 0.3 is 5.97 Å². The number of amidine groups is 1. The molecule has 140 valence electrons. The van der Waals surface area contributed by atoms with Gasteiger partial charge in [0.15, 0.2) is 5.17 Å². The van der Waals surface area contributed by atoms with E-state index in [1.165, 1.54) is 18.3 Å². The van der Waals surface area contributed by atoms with Gasteiger partial charge in [-0.1, -0.05) is 31.5 Å². The Balaban J connectivity index is 1.96. The highest BCUT2D eigenvalue weighted by molar-refractivity contribution is 8.15. The monoisotopic (exact) mass is 381 g/mol. The van der Waals surface area contributed by atoms with E-state index in [0.29, 0.717) is 17.9 Å². The van der Waals surface area contributed by atoms with Crippen LogP contribution in [-0.4, -0.2) is 40.2 Å². The Bertz CT molecular complexity index is 724. The van der Waals surface area contributed by atoms with Crippen LogP contribution < -0.4 is 10.1 Å². The first-order valence-corrected chi connectivity index (χ1v) is 9.09. The predicted molar refractivity (Wildman–Crippen MR) is 98.2 cm³/mol. The normalized spacial score (nSPS) is 18.5. The summed E-state index contributed by atoms with van der Waals surface area (Å²) in [6.07, 6.45) is 4.08. The van der Waals surface area contributed by atoms with Gasteiger partial charge in [-0.25, -0.2) is 4.39 Å². The molecule has 1 aliphatic rings. The molecule has 1 heterocycles. The smallest absolute Gasteiger partial charge is 0.305 e. The number of hydrogen-bond acceptors (Lipinski definition) is 6. The van der Waals surface area contributed by atoms with Crippen LogP contribution in [0.4, 0.5) is 4.39 Å². The largest absolute Gasteiger partial charge is 0.493 e. The molecule has 9 heteroatoms. The second kappa shape index (κ2) is 9.91. The van der Waals surface area contributed by atoms with Crippen molar-refractivity contribution < 1.29 is 23.8 Å². The number of carbonyl (C=O) groups excluding carboxylic acids is 1. The summed E-state index contributed by atoms with van der Waals surface area (Å²) < 4.78 is 19.2. The average Bonchev–Trinajstić information content (AvgIpc) is 2.90. The number of nitrogens with one attached hydrogen (secondary N) is 1. The lowest BCUT2D eigenvalue weighted by molar-refractivity contribution is -0.138. The molecule has 1 unspecified atom stereocenters. The minimum absolute atomic E-state index is 0.213. The molecule has 1 amide bonds. The summed E-state index contributed by atoms with van der Waals surface area (Å²) in [5.41, 5.74) is 0.469. The topological polar surface area (TPSA) is 100 Å². The van der Waals surface area contributed by atoms with Crippen LogP contribution in [0.15, 0.2) is 28.4 Å². The Morgan fingerprint density at radius 3 is 2.96 bits per heavy atom. The minimum Gasteiger partial charge on any atom is -0.493 e. The van der Waals surface area contributed by atoms with Crippen molar-refractivity contribution in [3.8, 4) is 5.75 Å². The zero-order valence-electron chi connectivity index (χ0n) is 14.3. The van der Waals surface area contributed by atoms with E-state index in [1.807, 2.05) is 0 Å². The van der Waals surface area contributed by atoms with Crippen LogP contribution in [0, 0.1) is 5.82 Å². The van der Waals surface area contributed by atoms with Crippen molar-refractivity contribution in [3.05, 3.63) is 29.6 Å². The second-order valence-electron chi connectivity index (χ2n) is 5.62. The zero-order chi connectivity index (χ0) is 18.9. The fourth-order valence-corrected chi connectivity index (χ4v) is 3.09. The number of nitrogens with zero attached hydrogens (tertiary/aromatic N) is 2. The molecule has 1 aromatic carbocycles. The molecule has 1 fully saturated rings. The molecule has 0 spiro atoms. The number of ether oxygens (including phenoxy) is 1. The molecule has 1 atom stereocenters. The summed E-state index contributed by atoms with van der Waals surface area (Å²) in [4.78, 5) is 22.3. The number of rotatable bonds is 9. The number of halogens is 1. The summed E-state index contributed by atoms with van der Waals surface area (Å²) in [5, 5.41) is 18.3. The number of hydrogen-bond donors (Lipinski definition) is 2. The van der Waals surface area contributed by atoms with Crippen molar-refractivity contribution in [1.82, 2.24) is 5.32 Å². The number of benzene rings is 1. The van der Waals surface area contributed by atoms with Crippen LogP contribution in [0.1, 0.15) is 38.2 Å². The molecule has 0 saturated carbocycles. The first-order valence-electron chi connectivity index (χ1n) is 8.21. The van der Waals surface area contributed by atoms with E-state index >= 15 is 0 Å². The molecule has 2 N–H and O–H groups in total. The van der Waals surface area contributed by atoms with Gasteiger partial charge in [-0.05, 0) is 18.6 Å². The maximum absolute atomic E-state index is 13.7. The van der Waals surface area contributed by atoms with E-state index < -0.39 is 22.9 Å². The van der Waals surface area contributed by atoms with Crippen molar-refractivity contribution in [2.45, 2.75) is 37.9 Å². The zero-order valence-corrected chi connectivity index (χ0v) is 15.1. The lowest BCUT2D eigenvalue weighted by Gasteiger charge is -2.06. The molecular weight excluding hydrogens is 361 g/mol. The standard InChI is InChI=1S/C17H20FN3O4S/c1-2-3-4-5-25-13-7-11(6-12(18)8-13)10-19-21-17-20-16(24)14(26-17)9-15(22)23/h6-8,10,14H,2-5,9H2,1H3,(H,22,23)(H,20,21,24). The number of unbranched alkanes of at least 4 members (excludes halogenated alkanes) is 2. The third-order valence-electron chi connectivity index (χ3n) is 3.40. The lowest BCUT2D eigenvalue weighted by Crippen LogP contribution is -2.26. The third-order valence-corrected chi connectivity index (χ3v) is 4.47. The molecule has 1 aromatic rings. The summed E-state index contributed by atoms with van der Waals surface area (Å²) in [6, 6.07) is 4.24. The Morgan fingerprint density at radius 2 is 2.23 bits per heavy atom. The van der Waals surface area contributed by atoms with E-state index in [1.54, 1.807) is 6.07 Å². The highest BCUT2D eigenvalue weighted by Gasteiger charge is 2.32. The molecule has 1 aliphatic heterocycles. The number of carboxylic acids is 1. The molecule has 7 nitrogen and oxygen atoms in total. The fraction of sp³-hybridized carbons (Fsp3) is 0.412. The molecule has 1 saturated heterocycles. The van der Waals surface area contributed by atoms with E-state index in [0.717, 1.165) is 31.0 Å². The Kier molecular flexibility index (Phi) is 7.58. The lowest BCUT2D eigenvalue weighted by atomic mass is 10.2. The molecule has 2 rings (SSSR count). The Morgan fingerprint density at radius 1 is 1.42 bits per heavy atom. The van der Waals surface area contributed by atoms with Gasteiger partial charge in [-0.3, -0.25) is 9.59 Å². The van der Waals surface area contributed by atoms with Gasteiger partial charge < -0.3 is 15.2 Å². The first-order chi connectivity index (χ1) is 12.5. The summed E-state index contributed by atoms with van der Waals surface area (Å²) in [7, 11) is 0. The Hall–Kier alpha value is -2.42. The maximum Gasteiger partial charge on any atom is 0.305 e. The van der Waals surface area contributed by atoms with Crippen LogP contribution in [0.5, 0.6) is 5.75 Å². The van der Waals surface area contributed by atoms with Crippen molar-refractivity contribution in [2.75, 3.05) is 6.61 Å². The second-order valence-corrected chi connectivity index (χ2v) is 6.81. The molecule has 0 radical (unpaired) electrons. The van der Waals surface area contributed by atoms with Crippen LogP contribution in [-0.2, 0) is 9.59 Å². The molecule has 0 bridgehead atoms. The van der Waals surface area contributed by atoms with Crippen LogP contribution >= 0.6 is 11.8 Å². The number of aliphatic carboxylic acids is 1. The molecular formula is C17H20FN3O4S. The van der Waals surface area contributed by atoms with Crippen LogP contribution in [0.25, 0.3) is 0 Å². The van der Waals surface area contributed by atoms with Gasteiger partial charge in [0.1, 0.15) is 16.8 Å². The summed E-state index contributed by atoms with van der Waals surface area (Å²) >= 11 is 1.00. The van der Waals surface area contributed by atoms with Crippen molar-refractivity contribution in [2.24, 2.45) is 10.2 Å². The average molecular weight is 381 g/mol. The Labute approximate surface area is 154 Å². The van der Waals surface area contributed by atoms with E-state index in [9.17, 15) is 14.0 Å². The summed E-state index contributed by atoms with van der Waals surface area (Å²) in [5.74, 6) is -1.51. The van der Waals surface area contributed by atoms with Gasteiger partial charge in [0, 0.05) is 11.6 Å². The van der Waals surface area contributed by atoms with Gasteiger partial charge in [0.05, 0.1) is 19.2 Å². The number of carbonyl (C=O) groups is 2. The van der Waals surface area contributed by atoms with Crippen molar-refractivity contribution in [3.63, 3.8) is 0 Å². The van der Waals surface area contributed by atoms with Gasteiger partial charge in [-0.2, -0.15) is 5.10 Å². The van der Waals surface area contributed by atoms with E-state index in [2.05, 4.69) is 22.4 Å². The number of amides is 1. The fourth-order valence-electron chi connectivity index (χ4n) is 2.18. The quantitative estimate of drug-likeness (QED) is 0.389. The maximum atomic E-state index is 13.7. The minimum atomic E-state index is -1.06. The molecule has 0 aliphatic carbocycles. The molecule has 0 aromatic heterocycles. The van der Waals surface area contributed by atoms with Gasteiger partial charge in [0.25, 0.3) is 0 Å². The third kappa shape index (κ3) is 6.47. The van der Waals surface area contributed by atoms with E-state index in [4.69, 9.17) is 9.84 Å². The SMILES string of the molecule is CCCCCOc1cc(F)cc(C=NN=C2NC(=O)C(CC(=O)O)S2)c1. The summed E-state index contributed by atoms with van der Waals surface area (Å²) in [6.45, 7) is 2.61. The first kappa shape index (κ1) is 19.9. The van der Waals surface area contributed by atoms with Crippen LogP contribution in [0.3, 0.4) is 0 Å². The molecule has 26 heavy (non-hydrogen) atoms. The van der Waals surface area contributed by atoms with Crippen molar-refractivity contribution >= 4 is 35.0 Å². The van der Waals surface area contributed by atoms with Crippen LogP contribution in [0.2, 0.25) is 0 Å². The van der Waals surface area contributed by atoms with Gasteiger partial charge in [-0.15, -0.1) is 5.10 Å². The number of thioether (sulfide) groups is 1. The van der Waals surface area contributed by atoms with Gasteiger partial charge in [0.2, 0.25) is 5.91 Å². The predicted octanol–water partition coefficient (Wildman–Crippen LogP) is 2.79. The van der Waals surface area contributed by atoms with Crippen molar-refractivity contribution in [1.29, 1.82) is 0 Å². The van der Waals surface area contributed by atoms with E-state index in [-0.39, 0.29) is 11.6 Å². The highest BCUT2D eigenvalue weighted by atomic mass is 32.2. The highest BCUT2D eigenvalue weighted by Crippen LogP contribution is 2.22.